The van der Waals surface area contributed by atoms with E-state index in [1.807, 2.05) is 10.6 Å². The van der Waals surface area contributed by atoms with Gasteiger partial charge in [-0.3, -0.25) is 0 Å². The number of hydrogen-bond acceptors (Lipinski definition) is 7. The van der Waals surface area contributed by atoms with E-state index in [9.17, 15) is 26.3 Å². The Labute approximate surface area is 148 Å². The summed E-state index contributed by atoms with van der Waals surface area (Å²) in [7, 11) is 0. The molecule has 0 saturated carbocycles. The van der Waals surface area contributed by atoms with Gasteiger partial charge in [-0.15, -0.1) is 11.3 Å². The lowest BCUT2D eigenvalue weighted by atomic mass is 10.3. The fraction of sp³-hybridized carbons (Fsp3) is 0.538. The predicted octanol–water partition coefficient (Wildman–Crippen LogP) is 4.03. The van der Waals surface area contributed by atoms with Crippen molar-refractivity contribution in [2.45, 2.75) is 45.2 Å². The van der Waals surface area contributed by atoms with E-state index in [4.69, 9.17) is 0 Å². The van der Waals surface area contributed by atoms with Crippen LogP contribution in [0.15, 0.2) is 5.38 Å². The van der Waals surface area contributed by atoms with Crippen LogP contribution in [0.4, 0.5) is 38.2 Å². The molecule has 144 valence electrons. The summed E-state index contributed by atoms with van der Waals surface area (Å²) >= 11 is 1.23. The number of anilines is 2. The molecule has 0 radical (unpaired) electrons. The van der Waals surface area contributed by atoms with Crippen molar-refractivity contribution in [2.75, 3.05) is 10.6 Å². The van der Waals surface area contributed by atoms with Gasteiger partial charge >= 0.3 is 12.4 Å². The molecule has 13 heteroatoms. The molecule has 26 heavy (non-hydrogen) atoms. The standard InChI is InChI=1S/C13H14F6N6S/c1-5(12(14,15)16)20-10-23-9(8-4-26-7(3)22-8)24-11(25-10)21-6(2)13(17,18)19/h4-6H,1-3H3,(H2,20,21,23,24,25)/t5-,6-/m1/s1. The van der Waals surface area contributed by atoms with Crippen LogP contribution in [0.1, 0.15) is 18.9 Å². The Morgan fingerprint density at radius 2 is 1.31 bits per heavy atom. The molecule has 0 amide bonds. The van der Waals surface area contributed by atoms with Crippen LogP contribution in [0.3, 0.4) is 0 Å². The molecule has 0 unspecified atom stereocenters. The van der Waals surface area contributed by atoms with E-state index < -0.39 is 36.3 Å². The quantitative estimate of drug-likeness (QED) is 0.739. The number of hydrogen-bond donors (Lipinski definition) is 2. The lowest BCUT2D eigenvalue weighted by Gasteiger charge is -2.19. The number of halogens is 6. The van der Waals surface area contributed by atoms with Crippen molar-refractivity contribution in [3.63, 3.8) is 0 Å². The number of nitrogens with zero attached hydrogens (tertiary/aromatic N) is 4. The van der Waals surface area contributed by atoms with Crippen molar-refractivity contribution >= 4 is 23.2 Å². The third kappa shape index (κ3) is 5.16. The Balaban J connectivity index is 2.39. The lowest BCUT2D eigenvalue weighted by Crippen LogP contribution is -2.35. The van der Waals surface area contributed by atoms with Crippen molar-refractivity contribution < 1.29 is 26.3 Å². The van der Waals surface area contributed by atoms with Crippen LogP contribution in [0.25, 0.3) is 11.5 Å². The Kier molecular flexibility index (Phi) is 5.58. The second-order valence-electron chi connectivity index (χ2n) is 5.37. The average Bonchev–Trinajstić information content (AvgIpc) is 2.91. The largest absolute Gasteiger partial charge is 0.408 e. The van der Waals surface area contributed by atoms with Gasteiger partial charge in [-0.2, -0.15) is 41.3 Å². The molecule has 2 aromatic heterocycles. The van der Waals surface area contributed by atoms with E-state index in [1.54, 1.807) is 12.3 Å². The topological polar surface area (TPSA) is 75.6 Å². The van der Waals surface area contributed by atoms with Crippen LogP contribution in [0, 0.1) is 6.92 Å². The van der Waals surface area contributed by atoms with Crippen LogP contribution in [-0.4, -0.2) is 44.4 Å². The van der Waals surface area contributed by atoms with Crippen LogP contribution in [0.2, 0.25) is 0 Å². The maximum atomic E-state index is 12.7. The van der Waals surface area contributed by atoms with Crippen LogP contribution in [-0.2, 0) is 0 Å². The highest BCUT2D eigenvalue weighted by Crippen LogP contribution is 2.26. The Morgan fingerprint density at radius 3 is 1.65 bits per heavy atom. The highest BCUT2D eigenvalue weighted by Gasteiger charge is 2.38. The van der Waals surface area contributed by atoms with Gasteiger partial charge in [0.1, 0.15) is 17.8 Å². The minimum absolute atomic E-state index is 0.141. The molecule has 0 fully saturated rings. The fourth-order valence-electron chi connectivity index (χ4n) is 1.64. The van der Waals surface area contributed by atoms with Crippen LogP contribution < -0.4 is 10.6 Å². The Morgan fingerprint density at radius 1 is 0.846 bits per heavy atom. The van der Waals surface area contributed by atoms with E-state index >= 15 is 0 Å². The summed E-state index contributed by atoms with van der Waals surface area (Å²) in [6, 6.07) is -4.02. The van der Waals surface area contributed by atoms with Gasteiger partial charge < -0.3 is 10.6 Å². The summed E-state index contributed by atoms with van der Waals surface area (Å²) < 4.78 is 76.3. The molecule has 0 saturated heterocycles. The smallest absolute Gasteiger partial charge is 0.343 e. The molecule has 0 aliphatic carbocycles. The van der Waals surface area contributed by atoms with Gasteiger partial charge in [-0.25, -0.2) is 4.98 Å². The minimum Gasteiger partial charge on any atom is -0.343 e. The first-order valence-corrected chi connectivity index (χ1v) is 8.09. The molecule has 2 aromatic rings. The van der Waals surface area contributed by atoms with E-state index in [-0.39, 0.29) is 11.5 Å². The van der Waals surface area contributed by atoms with Crippen LogP contribution in [0.5, 0.6) is 0 Å². The number of aromatic nitrogens is 4. The molecule has 0 bridgehead atoms. The highest BCUT2D eigenvalue weighted by molar-refractivity contribution is 7.09. The molecular formula is C13H14F6N6S. The van der Waals surface area contributed by atoms with Crippen LogP contribution >= 0.6 is 11.3 Å². The summed E-state index contributed by atoms with van der Waals surface area (Å²) in [5.74, 6) is -1.16. The third-order valence-electron chi connectivity index (χ3n) is 3.16. The van der Waals surface area contributed by atoms with Gasteiger partial charge in [-0.05, 0) is 20.8 Å². The van der Waals surface area contributed by atoms with Gasteiger partial charge in [0.25, 0.3) is 0 Å². The number of alkyl halides is 6. The molecule has 0 spiro atoms. The molecule has 0 aromatic carbocycles. The fourth-order valence-corrected chi connectivity index (χ4v) is 2.23. The Bertz CT molecular complexity index is 718. The maximum Gasteiger partial charge on any atom is 0.408 e. The van der Waals surface area contributed by atoms with E-state index in [0.717, 1.165) is 13.8 Å². The summed E-state index contributed by atoms with van der Waals surface area (Å²) in [4.78, 5) is 15.3. The van der Waals surface area contributed by atoms with Gasteiger partial charge in [0.15, 0.2) is 5.82 Å². The van der Waals surface area contributed by atoms with Gasteiger partial charge in [0, 0.05) is 5.38 Å². The molecule has 2 rings (SSSR count). The van der Waals surface area contributed by atoms with E-state index in [1.165, 1.54) is 11.3 Å². The predicted molar refractivity (Wildman–Crippen MR) is 84.0 cm³/mol. The molecule has 0 aliphatic rings. The molecule has 2 N–H and O–H groups in total. The van der Waals surface area contributed by atoms with Gasteiger partial charge in [0.05, 0.1) is 5.01 Å². The lowest BCUT2D eigenvalue weighted by molar-refractivity contribution is -0.139. The maximum absolute atomic E-state index is 12.7. The molecule has 0 aliphatic heterocycles. The molecule has 6 nitrogen and oxygen atoms in total. The van der Waals surface area contributed by atoms with Gasteiger partial charge in [0.2, 0.25) is 11.9 Å². The summed E-state index contributed by atoms with van der Waals surface area (Å²) in [6.45, 7) is 3.36. The second kappa shape index (κ2) is 7.21. The zero-order chi connectivity index (χ0) is 19.7. The number of aryl methyl sites for hydroxylation is 1. The van der Waals surface area contributed by atoms with Crippen molar-refractivity contribution in [1.29, 1.82) is 0 Å². The zero-order valence-electron chi connectivity index (χ0n) is 13.7. The summed E-state index contributed by atoms with van der Waals surface area (Å²) in [5, 5.41) is 6.21. The normalized spacial score (nSPS) is 14.8. The number of thiazole rings is 1. The first kappa shape index (κ1) is 20.1. The summed E-state index contributed by atoms with van der Waals surface area (Å²) in [5.41, 5.74) is 0.223. The minimum atomic E-state index is -4.59. The SMILES string of the molecule is Cc1nc(-c2nc(N[C@H](C)C(F)(F)F)nc(N[C@H](C)C(F)(F)F)n2)cs1. The molecule has 2 atom stereocenters. The third-order valence-corrected chi connectivity index (χ3v) is 3.93. The molecular weight excluding hydrogens is 386 g/mol. The second-order valence-corrected chi connectivity index (χ2v) is 6.44. The first-order chi connectivity index (χ1) is 11.9. The average molecular weight is 400 g/mol. The van der Waals surface area contributed by atoms with Crippen molar-refractivity contribution in [2.24, 2.45) is 0 Å². The van der Waals surface area contributed by atoms with Crippen molar-refractivity contribution in [1.82, 2.24) is 19.9 Å². The van der Waals surface area contributed by atoms with Gasteiger partial charge in [-0.1, -0.05) is 0 Å². The van der Waals surface area contributed by atoms with E-state index in [2.05, 4.69) is 19.9 Å². The van der Waals surface area contributed by atoms with Crippen molar-refractivity contribution in [3.05, 3.63) is 10.4 Å². The molecule has 2 heterocycles. The highest BCUT2D eigenvalue weighted by atomic mass is 32.1. The summed E-state index contributed by atoms with van der Waals surface area (Å²) in [6.07, 6.45) is -9.17. The Hall–Kier alpha value is -2.18. The van der Waals surface area contributed by atoms with Crippen molar-refractivity contribution in [3.8, 4) is 11.5 Å². The number of nitrogens with one attached hydrogen (secondary N) is 2. The monoisotopic (exact) mass is 400 g/mol. The first-order valence-electron chi connectivity index (χ1n) is 7.21. The zero-order valence-corrected chi connectivity index (χ0v) is 14.5. The van der Waals surface area contributed by atoms with E-state index in [0.29, 0.717) is 5.01 Å². The number of rotatable bonds is 5.